The van der Waals surface area contributed by atoms with Gasteiger partial charge in [0.05, 0.1) is 36.6 Å². The Morgan fingerprint density at radius 1 is 1.05 bits per heavy atom. The fourth-order valence-electron chi connectivity index (χ4n) is 5.05. The maximum Gasteiger partial charge on any atom is 0.309 e. The Kier molecular flexibility index (Phi) is 8.12. The second kappa shape index (κ2) is 11.9. The number of nitrogens with zero attached hydrogens (tertiary/aromatic N) is 3. The van der Waals surface area contributed by atoms with E-state index in [-0.39, 0.29) is 17.8 Å². The third-order valence-electron chi connectivity index (χ3n) is 7.29. The number of aromatic nitrogens is 2. The van der Waals surface area contributed by atoms with Gasteiger partial charge in [0.15, 0.2) is 0 Å². The molecular formula is C31H33N3O4S. The van der Waals surface area contributed by atoms with Crippen LogP contribution < -0.4 is 4.74 Å². The summed E-state index contributed by atoms with van der Waals surface area (Å²) in [4.78, 5) is 32.7. The molecule has 1 fully saturated rings. The van der Waals surface area contributed by atoms with Crippen LogP contribution in [0.1, 0.15) is 41.4 Å². The van der Waals surface area contributed by atoms with Crippen LogP contribution in [-0.2, 0) is 16.1 Å². The minimum absolute atomic E-state index is 0.00604. The first-order chi connectivity index (χ1) is 19.0. The summed E-state index contributed by atoms with van der Waals surface area (Å²) >= 11 is 1.58. The van der Waals surface area contributed by atoms with Gasteiger partial charge in [-0.25, -0.2) is 4.98 Å². The summed E-state index contributed by atoms with van der Waals surface area (Å²) in [5.41, 5.74) is 5.50. The van der Waals surface area contributed by atoms with Gasteiger partial charge in [0, 0.05) is 36.3 Å². The lowest BCUT2D eigenvalue weighted by molar-refractivity contribution is -0.149. The minimum atomic E-state index is -0.159. The molecule has 1 amide bonds. The second-order valence-corrected chi connectivity index (χ2v) is 10.5. The Morgan fingerprint density at radius 3 is 2.44 bits per heavy atom. The molecule has 0 atom stereocenters. The van der Waals surface area contributed by atoms with Gasteiger partial charge in [-0.2, -0.15) is 0 Å². The standard InChI is InChI=1S/C31H33N3O4S/c1-4-38-31(36)24-14-16-33(17-15-24)30(35)26-18-28(34(21(26)2)19-22-8-6-5-7-9-22)27-20-39-29(32-27)23-10-12-25(37-3)13-11-23/h5-13,18,20,24H,4,14-17,19H2,1-3H3. The van der Waals surface area contributed by atoms with Crippen LogP contribution in [0.5, 0.6) is 5.75 Å². The van der Waals surface area contributed by atoms with Gasteiger partial charge in [-0.05, 0) is 62.6 Å². The van der Waals surface area contributed by atoms with Crippen molar-refractivity contribution in [1.29, 1.82) is 0 Å². The SMILES string of the molecule is CCOC(=O)C1CCN(C(=O)c2cc(-c3csc(-c4ccc(OC)cc4)n3)n(Cc3ccccc3)c2C)CC1. The molecule has 1 saturated heterocycles. The average Bonchev–Trinajstić information content (AvgIpc) is 3.59. The number of thiazole rings is 1. The van der Waals surface area contributed by atoms with Crippen LogP contribution in [0.25, 0.3) is 22.0 Å². The van der Waals surface area contributed by atoms with Crippen LogP contribution in [0.15, 0.2) is 66.0 Å². The van der Waals surface area contributed by atoms with Gasteiger partial charge in [-0.1, -0.05) is 30.3 Å². The number of carbonyl (C=O) groups is 2. The van der Waals surface area contributed by atoms with Crippen LogP contribution in [-0.4, -0.2) is 53.1 Å². The van der Waals surface area contributed by atoms with Gasteiger partial charge in [-0.3, -0.25) is 9.59 Å². The minimum Gasteiger partial charge on any atom is -0.497 e. The Morgan fingerprint density at radius 2 is 1.77 bits per heavy atom. The second-order valence-electron chi connectivity index (χ2n) is 9.69. The van der Waals surface area contributed by atoms with Crippen molar-refractivity contribution >= 4 is 23.2 Å². The highest BCUT2D eigenvalue weighted by Gasteiger charge is 2.30. The van der Waals surface area contributed by atoms with E-state index < -0.39 is 0 Å². The van der Waals surface area contributed by atoms with E-state index in [0.29, 0.717) is 44.6 Å². The molecule has 3 heterocycles. The Labute approximate surface area is 233 Å². The van der Waals surface area contributed by atoms with E-state index in [2.05, 4.69) is 22.1 Å². The molecule has 1 aliphatic rings. The lowest BCUT2D eigenvalue weighted by Gasteiger charge is -2.31. The molecule has 0 bridgehead atoms. The highest BCUT2D eigenvalue weighted by Crippen LogP contribution is 2.33. The van der Waals surface area contributed by atoms with Crippen LogP contribution in [0.3, 0.4) is 0 Å². The van der Waals surface area contributed by atoms with E-state index in [1.54, 1.807) is 18.4 Å². The van der Waals surface area contributed by atoms with E-state index in [1.807, 2.05) is 67.3 Å². The van der Waals surface area contributed by atoms with Crippen LogP contribution in [0.4, 0.5) is 0 Å². The quantitative estimate of drug-likeness (QED) is 0.253. The smallest absolute Gasteiger partial charge is 0.309 e. The van der Waals surface area contributed by atoms with Crippen molar-refractivity contribution in [3.63, 3.8) is 0 Å². The van der Waals surface area contributed by atoms with E-state index in [1.165, 1.54) is 0 Å². The van der Waals surface area contributed by atoms with E-state index in [0.717, 1.165) is 39.0 Å². The molecular weight excluding hydrogens is 510 g/mol. The largest absolute Gasteiger partial charge is 0.497 e. The first kappa shape index (κ1) is 26.7. The number of hydrogen-bond acceptors (Lipinski definition) is 6. The zero-order valence-electron chi connectivity index (χ0n) is 22.6. The van der Waals surface area contributed by atoms with Crippen LogP contribution in [0.2, 0.25) is 0 Å². The molecule has 2 aromatic heterocycles. The number of piperidine rings is 1. The first-order valence-corrected chi connectivity index (χ1v) is 14.2. The lowest BCUT2D eigenvalue weighted by atomic mass is 9.96. The van der Waals surface area contributed by atoms with E-state index in [9.17, 15) is 9.59 Å². The number of esters is 1. The number of hydrogen-bond donors (Lipinski definition) is 0. The zero-order chi connectivity index (χ0) is 27.4. The molecule has 0 N–H and O–H groups in total. The number of benzene rings is 2. The Balaban J connectivity index is 1.44. The Bertz CT molecular complexity index is 1430. The van der Waals surface area contributed by atoms with E-state index in [4.69, 9.17) is 14.5 Å². The van der Waals surface area contributed by atoms with Gasteiger partial charge < -0.3 is 18.9 Å². The van der Waals surface area contributed by atoms with Crippen molar-refractivity contribution in [1.82, 2.24) is 14.5 Å². The maximum absolute atomic E-state index is 13.7. The molecule has 4 aromatic rings. The fourth-order valence-corrected chi connectivity index (χ4v) is 5.87. The van der Waals surface area contributed by atoms with Gasteiger partial charge in [0.2, 0.25) is 0 Å². The van der Waals surface area contributed by atoms with Gasteiger partial charge in [0.1, 0.15) is 10.8 Å². The summed E-state index contributed by atoms with van der Waals surface area (Å²) in [5.74, 6) is 0.499. The molecule has 1 aliphatic heterocycles. The Hall–Kier alpha value is -3.91. The summed E-state index contributed by atoms with van der Waals surface area (Å²) in [6, 6.07) is 20.1. The summed E-state index contributed by atoms with van der Waals surface area (Å²) in [7, 11) is 1.65. The summed E-state index contributed by atoms with van der Waals surface area (Å²) < 4.78 is 12.7. The monoisotopic (exact) mass is 543 g/mol. The molecule has 8 heteroatoms. The molecule has 5 rings (SSSR count). The number of methoxy groups -OCH3 is 1. The summed E-state index contributed by atoms with van der Waals surface area (Å²) in [5, 5.41) is 2.96. The third kappa shape index (κ3) is 5.76. The molecule has 0 saturated carbocycles. The topological polar surface area (TPSA) is 73.7 Å². The normalized spacial score (nSPS) is 13.9. The van der Waals surface area contributed by atoms with Gasteiger partial charge >= 0.3 is 5.97 Å². The molecule has 0 spiro atoms. The number of carbonyl (C=O) groups excluding carboxylic acids is 2. The van der Waals surface area contributed by atoms with Gasteiger partial charge in [-0.15, -0.1) is 11.3 Å². The number of rotatable bonds is 8. The predicted octanol–water partition coefficient (Wildman–Crippen LogP) is 6.06. The van der Waals surface area contributed by atoms with Crippen molar-refractivity contribution < 1.29 is 19.1 Å². The van der Waals surface area contributed by atoms with Crippen molar-refractivity contribution in [2.24, 2.45) is 5.92 Å². The predicted molar refractivity (Wildman–Crippen MR) is 153 cm³/mol. The maximum atomic E-state index is 13.7. The molecule has 2 aromatic carbocycles. The number of likely N-dealkylation sites (tertiary alicyclic amines) is 1. The van der Waals surface area contributed by atoms with Crippen molar-refractivity contribution in [2.75, 3.05) is 26.8 Å². The fraction of sp³-hybridized carbons (Fsp3) is 0.323. The lowest BCUT2D eigenvalue weighted by Crippen LogP contribution is -2.40. The summed E-state index contributed by atoms with van der Waals surface area (Å²) in [6.07, 6.45) is 1.25. The number of amides is 1. The molecule has 202 valence electrons. The third-order valence-corrected chi connectivity index (χ3v) is 8.18. The van der Waals surface area contributed by atoms with Crippen LogP contribution in [0, 0.1) is 12.8 Å². The van der Waals surface area contributed by atoms with Gasteiger partial charge in [0.25, 0.3) is 5.91 Å². The van der Waals surface area contributed by atoms with Crippen molar-refractivity contribution in [2.45, 2.75) is 33.2 Å². The summed E-state index contributed by atoms with van der Waals surface area (Å²) in [6.45, 7) is 5.92. The highest BCUT2D eigenvalue weighted by molar-refractivity contribution is 7.13. The molecule has 7 nitrogen and oxygen atoms in total. The zero-order valence-corrected chi connectivity index (χ0v) is 23.4. The number of ether oxygens (including phenoxy) is 2. The first-order valence-electron chi connectivity index (χ1n) is 13.3. The van der Waals surface area contributed by atoms with Crippen molar-refractivity contribution in [3.8, 4) is 27.7 Å². The van der Waals surface area contributed by atoms with Crippen LogP contribution >= 0.6 is 11.3 Å². The highest BCUT2D eigenvalue weighted by atomic mass is 32.1. The van der Waals surface area contributed by atoms with Crippen molar-refractivity contribution in [3.05, 3.63) is 82.9 Å². The van der Waals surface area contributed by atoms with E-state index >= 15 is 0 Å². The molecule has 39 heavy (non-hydrogen) atoms. The molecule has 0 aliphatic carbocycles. The average molecular weight is 544 g/mol. The molecule has 0 unspecified atom stereocenters. The molecule has 0 radical (unpaired) electrons.